The molecular formula is C20H20FN3O. The van der Waals surface area contributed by atoms with Crippen LogP contribution in [0.2, 0.25) is 0 Å². The summed E-state index contributed by atoms with van der Waals surface area (Å²) in [5.41, 5.74) is 3.42. The zero-order valence-electron chi connectivity index (χ0n) is 14.3. The summed E-state index contributed by atoms with van der Waals surface area (Å²) in [5, 5.41) is 9.70. The molecule has 1 aromatic heterocycles. The molecule has 0 radical (unpaired) electrons. The molecule has 2 aromatic rings. The summed E-state index contributed by atoms with van der Waals surface area (Å²) in [7, 11) is 0. The molecule has 0 bridgehead atoms. The van der Waals surface area contributed by atoms with Gasteiger partial charge in [-0.2, -0.15) is 0 Å². The number of aromatic hydroxyl groups is 1. The minimum atomic E-state index is -0.642. The molecule has 5 heteroatoms. The molecule has 1 aliphatic heterocycles. The number of aryl methyl sites for hydroxylation is 1. The van der Waals surface area contributed by atoms with Crippen LogP contribution in [0.1, 0.15) is 18.3 Å². The molecule has 128 valence electrons. The molecule has 0 atom stereocenters. The van der Waals surface area contributed by atoms with Crippen LogP contribution in [0.5, 0.6) is 5.75 Å². The molecule has 1 aliphatic rings. The number of benzene rings is 1. The highest BCUT2D eigenvalue weighted by Gasteiger charge is 2.27. The maximum atomic E-state index is 13.4. The van der Waals surface area contributed by atoms with Gasteiger partial charge in [0.2, 0.25) is 0 Å². The number of halogens is 1. The van der Waals surface area contributed by atoms with Crippen molar-refractivity contribution in [3.63, 3.8) is 0 Å². The van der Waals surface area contributed by atoms with Crippen LogP contribution >= 0.6 is 0 Å². The highest BCUT2D eigenvalue weighted by Crippen LogP contribution is 2.37. The number of phenolic OH excluding ortho intramolecular Hbond substituents is 1. The second-order valence-electron chi connectivity index (χ2n) is 5.82. The molecule has 0 unspecified atom stereocenters. The smallest absolute Gasteiger partial charge is 0.164 e. The van der Waals surface area contributed by atoms with Crippen molar-refractivity contribution in [3.8, 4) is 17.0 Å². The van der Waals surface area contributed by atoms with Crippen LogP contribution in [0, 0.1) is 12.7 Å². The minimum absolute atomic E-state index is 0.376. The van der Waals surface area contributed by atoms with Crippen molar-refractivity contribution < 1.29 is 9.50 Å². The third kappa shape index (κ3) is 3.18. The van der Waals surface area contributed by atoms with Gasteiger partial charge in [0, 0.05) is 23.4 Å². The van der Waals surface area contributed by atoms with Crippen molar-refractivity contribution >= 4 is 5.82 Å². The van der Waals surface area contributed by atoms with Gasteiger partial charge in [-0.25, -0.2) is 14.4 Å². The molecule has 0 amide bonds. The normalized spacial score (nSPS) is 14.2. The zero-order chi connectivity index (χ0) is 18.0. The van der Waals surface area contributed by atoms with E-state index in [1.807, 2.05) is 32.1 Å². The second kappa shape index (κ2) is 6.89. The van der Waals surface area contributed by atoms with Crippen molar-refractivity contribution in [2.45, 2.75) is 20.3 Å². The SMILES string of the molecule is C=C/C=C(\C=C/C)N1CCc2c(-c3ccc(F)c(O)c3)nc(C)nc21. The molecule has 0 saturated heterocycles. The van der Waals surface area contributed by atoms with Gasteiger partial charge in [0.15, 0.2) is 11.6 Å². The highest BCUT2D eigenvalue weighted by molar-refractivity contribution is 5.73. The molecule has 3 rings (SSSR count). The fourth-order valence-electron chi connectivity index (χ4n) is 3.04. The van der Waals surface area contributed by atoms with E-state index in [1.54, 1.807) is 12.1 Å². The fourth-order valence-corrected chi connectivity index (χ4v) is 3.04. The van der Waals surface area contributed by atoms with Crippen LogP contribution in [-0.4, -0.2) is 21.6 Å². The average molecular weight is 337 g/mol. The van der Waals surface area contributed by atoms with Crippen LogP contribution in [0.4, 0.5) is 10.2 Å². The lowest BCUT2D eigenvalue weighted by atomic mass is 10.0. The predicted molar refractivity (Wildman–Crippen MR) is 98.0 cm³/mol. The molecule has 0 saturated carbocycles. The summed E-state index contributed by atoms with van der Waals surface area (Å²) < 4.78 is 13.4. The Labute approximate surface area is 146 Å². The van der Waals surface area contributed by atoms with Gasteiger partial charge >= 0.3 is 0 Å². The predicted octanol–water partition coefficient (Wildman–Crippen LogP) is 4.31. The maximum absolute atomic E-state index is 13.4. The summed E-state index contributed by atoms with van der Waals surface area (Å²) in [4.78, 5) is 11.3. The van der Waals surface area contributed by atoms with E-state index in [0.29, 0.717) is 11.4 Å². The van der Waals surface area contributed by atoms with E-state index < -0.39 is 5.82 Å². The Hall–Kier alpha value is -2.95. The first kappa shape index (κ1) is 16.9. The van der Waals surface area contributed by atoms with Gasteiger partial charge in [0.05, 0.1) is 5.69 Å². The van der Waals surface area contributed by atoms with Gasteiger partial charge in [-0.15, -0.1) is 0 Å². The van der Waals surface area contributed by atoms with Gasteiger partial charge in [-0.3, -0.25) is 0 Å². The van der Waals surface area contributed by atoms with Crippen LogP contribution in [-0.2, 0) is 6.42 Å². The molecule has 1 N–H and O–H groups in total. The van der Waals surface area contributed by atoms with Crippen molar-refractivity contribution in [1.82, 2.24) is 9.97 Å². The molecule has 1 aromatic carbocycles. The van der Waals surface area contributed by atoms with E-state index in [4.69, 9.17) is 0 Å². The van der Waals surface area contributed by atoms with Crippen molar-refractivity contribution in [2.24, 2.45) is 0 Å². The molecular weight excluding hydrogens is 317 g/mol. The number of hydrogen-bond donors (Lipinski definition) is 1. The van der Waals surface area contributed by atoms with E-state index in [2.05, 4.69) is 21.4 Å². The van der Waals surface area contributed by atoms with Gasteiger partial charge in [0.1, 0.15) is 11.6 Å². The molecule has 0 fully saturated rings. The number of nitrogens with zero attached hydrogens (tertiary/aromatic N) is 3. The number of phenols is 1. The van der Waals surface area contributed by atoms with E-state index in [1.165, 1.54) is 12.1 Å². The maximum Gasteiger partial charge on any atom is 0.164 e. The number of fused-ring (bicyclic) bond motifs is 1. The van der Waals surface area contributed by atoms with Crippen LogP contribution in [0.15, 0.2) is 54.8 Å². The van der Waals surface area contributed by atoms with Crippen LogP contribution in [0.25, 0.3) is 11.3 Å². The lowest BCUT2D eigenvalue weighted by molar-refractivity contribution is 0.432. The average Bonchev–Trinajstić information content (AvgIpc) is 3.00. The number of allylic oxidation sites excluding steroid dienone is 4. The first-order valence-electron chi connectivity index (χ1n) is 8.14. The minimum Gasteiger partial charge on any atom is -0.505 e. The van der Waals surface area contributed by atoms with Crippen molar-refractivity contribution in [1.29, 1.82) is 0 Å². The van der Waals surface area contributed by atoms with Gasteiger partial charge in [-0.1, -0.05) is 18.7 Å². The fraction of sp³-hybridized carbons (Fsp3) is 0.200. The molecule has 25 heavy (non-hydrogen) atoms. The summed E-state index contributed by atoms with van der Waals surface area (Å²) in [6, 6.07) is 4.29. The number of aromatic nitrogens is 2. The van der Waals surface area contributed by atoms with Gasteiger partial charge in [-0.05, 0) is 50.6 Å². The van der Waals surface area contributed by atoms with Crippen LogP contribution in [0.3, 0.4) is 0 Å². The Balaban J connectivity index is 2.14. The van der Waals surface area contributed by atoms with E-state index in [-0.39, 0.29) is 5.75 Å². The molecule has 0 aliphatic carbocycles. The van der Waals surface area contributed by atoms with Gasteiger partial charge in [0.25, 0.3) is 0 Å². The lowest BCUT2D eigenvalue weighted by Crippen LogP contribution is -2.19. The number of rotatable bonds is 4. The second-order valence-corrected chi connectivity index (χ2v) is 5.82. The van der Waals surface area contributed by atoms with Crippen molar-refractivity contribution in [3.05, 3.63) is 72.0 Å². The first-order chi connectivity index (χ1) is 12.0. The monoisotopic (exact) mass is 337 g/mol. The molecule has 2 heterocycles. The van der Waals surface area contributed by atoms with E-state index >= 15 is 0 Å². The topological polar surface area (TPSA) is 49.2 Å². The summed E-state index contributed by atoms with van der Waals surface area (Å²) >= 11 is 0. The molecule has 4 nitrogen and oxygen atoms in total. The van der Waals surface area contributed by atoms with Crippen molar-refractivity contribution in [2.75, 3.05) is 11.4 Å². The highest BCUT2D eigenvalue weighted by atomic mass is 19.1. The third-order valence-electron chi connectivity index (χ3n) is 4.10. The summed E-state index contributed by atoms with van der Waals surface area (Å²) in [6.07, 6.45) is 8.45. The number of anilines is 1. The number of hydrogen-bond acceptors (Lipinski definition) is 4. The largest absolute Gasteiger partial charge is 0.505 e. The Kier molecular flexibility index (Phi) is 4.65. The Morgan fingerprint density at radius 2 is 2.16 bits per heavy atom. The Morgan fingerprint density at radius 1 is 1.36 bits per heavy atom. The van der Waals surface area contributed by atoms with E-state index in [0.717, 1.165) is 35.7 Å². The summed E-state index contributed by atoms with van der Waals surface area (Å²) in [6.45, 7) is 8.35. The molecule has 0 spiro atoms. The first-order valence-corrected chi connectivity index (χ1v) is 8.14. The zero-order valence-corrected chi connectivity index (χ0v) is 14.3. The quantitative estimate of drug-likeness (QED) is 0.845. The lowest BCUT2D eigenvalue weighted by Gasteiger charge is -2.20. The Morgan fingerprint density at radius 3 is 2.84 bits per heavy atom. The summed E-state index contributed by atoms with van der Waals surface area (Å²) in [5.74, 6) is 0.455. The Bertz CT molecular complexity index is 887. The van der Waals surface area contributed by atoms with Gasteiger partial charge < -0.3 is 10.0 Å². The standard InChI is InChI=1S/C20H20FN3O/c1-4-6-15(7-5-2)24-11-10-16-19(22-13(3)23-20(16)24)14-8-9-17(21)18(25)12-14/h4-9,12,25H,1,10-11H2,2-3H3/b7-5-,15-6+. The third-order valence-corrected chi connectivity index (χ3v) is 4.10. The van der Waals surface area contributed by atoms with Crippen LogP contribution < -0.4 is 4.90 Å². The van der Waals surface area contributed by atoms with E-state index in [9.17, 15) is 9.50 Å².